The van der Waals surface area contributed by atoms with Crippen molar-refractivity contribution in [3.05, 3.63) is 24.3 Å². The molecule has 8 nitrogen and oxygen atoms in total. The fourth-order valence-electron chi connectivity index (χ4n) is 7.60. The summed E-state index contributed by atoms with van der Waals surface area (Å²) in [5, 5.41) is 13.8. The lowest BCUT2D eigenvalue weighted by molar-refractivity contribution is -0.870. The molecule has 9 heteroatoms. The molecule has 0 aromatic heterocycles. The Balaban J connectivity index is 3.88. The summed E-state index contributed by atoms with van der Waals surface area (Å²) in [7, 11) is 1.31. The van der Waals surface area contributed by atoms with E-state index in [-0.39, 0.29) is 19.1 Å². The number of nitrogens with one attached hydrogen (secondary N) is 1. The number of carbonyl (C=O) groups is 1. The molecule has 0 aromatic carbocycles. The molecule has 3 atom stereocenters. The van der Waals surface area contributed by atoms with Gasteiger partial charge in [-0.05, 0) is 44.9 Å². The fourth-order valence-corrected chi connectivity index (χ4v) is 8.32. The second kappa shape index (κ2) is 43.2. The van der Waals surface area contributed by atoms with E-state index in [9.17, 15) is 19.4 Å². The zero-order chi connectivity index (χ0) is 44.3. The molecule has 0 aliphatic rings. The number of nitrogens with zero attached hydrogens (tertiary/aromatic N) is 1. The Labute approximate surface area is 373 Å². The van der Waals surface area contributed by atoms with Crippen LogP contribution in [0.25, 0.3) is 0 Å². The first-order chi connectivity index (χ1) is 29.0. The minimum Gasteiger partial charge on any atom is -0.756 e. The summed E-state index contributed by atoms with van der Waals surface area (Å²) < 4.78 is 23.2. The first-order valence-corrected chi connectivity index (χ1v) is 27.1. The molecule has 0 aliphatic carbocycles. The molecular formula is C51H101N2O6P. The molecule has 0 aromatic rings. The zero-order valence-electron chi connectivity index (χ0n) is 40.4. The molecule has 0 spiro atoms. The summed E-state index contributed by atoms with van der Waals surface area (Å²) in [6, 6.07) is -0.794. The van der Waals surface area contributed by atoms with Crippen LogP contribution in [0.1, 0.15) is 245 Å². The van der Waals surface area contributed by atoms with E-state index in [1.54, 1.807) is 0 Å². The minimum atomic E-state index is -4.55. The van der Waals surface area contributed by atoms with Crippen LogP contribution in [0.2, 0.25) is 0 Å². The highest BCUT2D eigenvalue weighted by atomic mass is 31.2. The van der Waals surface area contributed by atoms with Gasteiger partial charge in [0.1, 0.15) is 13.2 Å². The standard InChI is InChI=1S/C51H101N2O6P/c1-6-8-10-12-14-15-16-17-18-19-20-21-22-23-24-25-26-27-28-29-30-31-32-33-34-35-36-37-39-41-43-45-51(55)52-49(50(54)44-42-40-38-13-11-9-7-2)48-59-60(56,57)58-47-46-53(3,4)5/h16-17,19-20,49-50,54H,6-15,18,21-48H2,1-5H3,(H-,52,55,56,57)/b17-16-,20-19-. The van der Waals surface area contributed by atoms with Gasteiger partial charge in [0.25, 0.3) is 7.82 Å². The van der Waals surface area contributed by atoms with Crippen LogP contribution < -0.4 is 10.2 Å². The van der Waals surface area contributed by atoms with Crippen molar-refractivity contribution < 1.29 is 32.9 Å². The number of aliphatic hydroxyl groups excluding tert-OH is 1. The number of unbranched alkanes of at least 4 members (excludes halogenated alkanes) is 30. The zero-order valence-corrected chi connectivity index (χ0v) is 41.3. The maximum absolute atomic E-state index is 12.8. The van der Waals surface area contributed by atoms with Gasteiger partial charge in [-0.25, -0.2) is 0 Å². The Morgan fingerprint density at radius 3 is 1.38 bits per heavy atom. The van der Waals surface area contributed by atoms with Crippen LogP contribution in [0.3, 0.4) is 0 Å². The van der Waals surface area contributed by atoms with E-state index in [1.165, 1.54) is 173 Å². The van der Waals surface area contributed by atoms with Crippen molar-refractivity contribution in [3.63, 3.8) is 0 Å². The quantitative estimate of drug-likeness (QED) is 0.0273. The number of aliphatic hydroxyl groups is 1. The summed E-state index contributed by atoms with van der Waals surface area (Å²) in [4.78, 5) is 25.3. The van der Waals surface area contributed by atoms with Gasteiger partial charge in [0, 0.05) is 6.42 Å². The van der Waals surface area contributed by atoms with Gasteiger partial charge < -0.3 is 28.8 Å². The van der Waals surface area contributed by atoms with Crippen LogP contribution in [0.4, 0.5) is 0 Å². The molecule has 0 rings (SSSR count). The third kappa shape index (κ3) is 45.0. The molecule has 0 bridgehead atoms. The van der Waals surface area contributed by atoms with Gasteiger partial charge in [-0.3, -0.25) is 9.36 Å². The van der Waals surface area contributed by atoms with E-state index in [1.807, 2.05) is 21.1 Å². The number of carbonyl (C=O) groups excluding carboxylic acids is 1. The summed E-state index contributed by atoms with van der Waals surface area (Å²) >= 11 is 0. The van der Waals surface area contributed by atoms with E-state index in [0.717, 1.165) is 44.9 Å². The number of phosphoric ester groups is 1. The second-order valence-electron chi connectivity index (χ2n) is 18.9. The number of hydrogen-bond donors (Lipinski definition) is 2. The molecule has 0 saturated heterocycles. The summed E-state index contributed by atoms with van der Waals surface area (Å²) in [6.45, 7) is 4.67. The summed E-state index contributed by atoms with van der Waals surface area (Å²) in [5.41, 5.74) is 0. The van der Waals surface area contributed by atoms with Gasteiger partial charge in [0.2, 0.25) is 5.91 Å². The van der Waals surface area contributed by atoms with Gasteiger partial charge >= 0.3 is 0 Å². The van der Waals surface area contributed by atoms with Crippen molar-refractivity contribution in [2.45, 2.75) is 257 Å². The number of likely N-dealkylation sites (N-methyl/N-ethyl adjacent to an activating group) is 1. The minimum absolute atomic E-state index is 0.0135. The lowest BCUT2D eigenvalue weighted by Crippen LogP contribution is -2.46. The van der Waals surface area contributed by atoms with Crippen LogP contribution in [0.15, 0.2) is 24.3 Å². The maximum Gasteiger partial charge on any atom is 0.268 e. The molecule has 0 fully saturated rings. The summed E-state index contributed by atoms with van der Waals surface area (Å²) in [6.07, 6.45) is 52.4. The van der Waals surface area contributed by atoms with Crippen LogP contribution in [-0.2, 0) is 18.4 Å². The van der Waals surface area contributed by atoms with Gasteiger partial charge in [0.05, 0.1) is 39.9 Å². The second-order valence-corrected chi connectivity index (χ2v) is 20.3. The Morgan fingerprint density at radius 2 is 0.967 bits per heavy atom. The fraction of sp³-hybridized carbons (Fsp3) is 0.902. The van der Waals surface area contributed by atoms with Crippen molar-refractivity contribution in [3.8, 4) is 0 Å². The number of rotatable bonds is 47. The molecule has 0 saturated carbocycles. The Hall–Kier alpha value is -1.02. The van der Waals surface area contributed by atoms with Gasteiger partial charge in [0.15, 0.2) is 0 Å². The van der Waals surface area contributed by atoms with Crippen LogP contribution in [0, 0.1) is 0 Å². The predicted octanol–water partition coefficient (Wildman–Crippen LogP) is 14.2. The monoisotopic (exact) mass is 869 g/mol. The van der Waals surface area contributed by atoms with Gasteiger partial charge in [-0.1, -0.05) is 218 Å². The third-order valence-electron chi connectivity index (χ3n) is 11.7. The largest absolute Gasteiger partial charge is 0.756 e. The highest BCUT2D eigenvalue weighted by Crippen LogP contribution is 2.38. The molecule has 2 N–H and O–H groups in total. The van der Waals surface area contributed by atoms with Gasteiger partial charge in [-0.15, -0.1) is 0 Å². The number of quaternary nitrogens is 1. The van der Waals surface area contributed by atoms with E-state index >= 15 is 0 Å². The molecule has 3 unspecified atom stereocenters. The first-order valence-electron chi connectivity index (χ1n) is 25.7. The Bertz CT molecular complexity index is 1030. The van der Waals surface area contributed by atoms with Crippen LogP contribution in [0.5, 0.6) is 0 Å². The van der Waals surface area contributed by atoms with E-state index < -0.39 is 20.0 Å². The molecule has 0 aliphatic heterocycles. The highest BCUT2D eigenvalue weighted by molar-refractivity contribution is 7.45. The van der Waals surface area contributed by atoms with E-state index in [2.05, 4.69) is 43.5 Å². The molecular weight excluding hydrogens is 768 g/mol. The van der Waals surface area contributed by atoms with Crippen molar-refractivity contribution in [2.75, 3.05) is 40.9 Å². The Morgan fingerprint density at radius 1 is 0.583 bits per heavy atom. The Kier molecular flexibility index (Phi) is 42.5. The van der Waals surface area contributed by atoms with Crippen molar-refractivity contribution in [1.82, 2.24) is 5.32 Å². The lowest BCUT2D eigenvalue weighted by Gasteiger charge is -2.30. The SMILES string of the molecule is CCCCCCC/C=C\C/C=C\CCCCCCCCCCCCCCCCCCCCCC(=O)NC(COP(=O)([O-])OCC[N+](C)(C)C)C(O)CCCCCCCCC. The molecule has 1 amide bonds. The molecule has 0 radical (unpaired) electrons. The van der Waals surface area contributed by atoms with Crippen molar-refractivity contribution >= 4 is 13.7 Å². The maximum atomic E-state index is 12.8. The topological polar surface area (TPSA) is 108 Å². The highest BCUT2D eigenvalue weighted by Gasteiger charge is 2.24. The predicted molar refractivity (Wildman–Crippen MR) is 256 cm³/mol. The van der Waals surface area contributed by atoms with E-state index in [0.29, 0.717) is 23.9 Å². The van der Waals surface area contributed by atoms with Crippen molar-refractivity contribution in [1.29, 1.82) is 0 Å². The normalized spacial score (nSPS) is 14.3. The van der Waals surface area contributed by atoms with Crippen LogP contribution in [-0.4, -0.2) is 68.5 Å². The van der Waals surface area contributed by atoms with Crippen LogP contribution >= 0.6 is 7.82 Å². The molecule has 356 valence electrons. The lowest BCUT2D eigenvalue weighted by atomic mass is 10.0. The molecule has 0 heterocycles. The average molecular weight is 869 g/mol. The number of hydrogen-bond acceptors (Lipinski definition) is 6. The number of allylic oxidation sites excluding steroid dienone is 4. The average Bonchev–Trinajstić information content (AvgIpc) is 3.20. The smallest absolute Gasteiger partial charge is 0.268 e. The number of phosphoric acid groups is 1. The molecule has 60 heavy (non-hydrogen) atoms. The van der Waals surface area contributed by atoms with E-state index in [4.69, 9.17) is 9.05 Å². The third-order valence-corrected chi connectivity index (χ3v) is 12.7. The number of amides is 1. The first kappa shape index (κ1) is 59.0. The van der Waals surface area contributed by atoms with Crippen molar-refractivity contribution in [2.24, 2.45) is 0 Å². The summed E-state index contributed by atoms with van der Waals surface area (Å²) in [5.74, 6) is -0.166. The van der Waals surface area contributed by atoms with Gasteiger partial charge in [-0.2, -0.15) is 0 Å².